The number of ether oxygens (including phenoxy) is 1. The molecule has 5 nitrogen and oxygen atoms in total. The van der Waals surface area contributed by atoms with E-state index >= 15 is 0 Å². The number of halogens is 3. The fourth-order valence-corrected chi connectivity index (χ4v) is 3.72. The summed E-state index contributed by atoms with van der Waals surface area (Å²) in [5.74, 6) is -2.28. The summed E-state index contributed by atoms with van der Waals surface area (Å²) in [5, 5.41) is 2.66. The average Bonchev–Trinajstić information content (AvgIpc) is 2.60. The van der Waals surface area contributed by atoms with E-state index in [0.29, 0.717) is 18.0 Å². The number of amides is 2. The van der Waals surface area contributed by atoms with Crippen molar-refractivity contribution in [1.29, 1.82) is 0 Å². The first-order valence-electron chi connectivity index (χ1n) is 8.64. The van der Waals surface area contributed by atoms with Crippen LogP contribution >= 0.6 is 15.9 Å². The quantitative estimate of drug-likeness (QED) is 0.395. The van der Waals surface area contributed by atoms with E-state index in [9.17, 15) is 18.4 Å². The van der Waals surface area contributed by atoms with Crippen molar-refractivity contribution in [2.45, 2.75) is 44.6 Å². The van der Waals surface area contributed by atoms with Gasteiger partial charge in [0.1, 0.15) is 0 Å². The van der Waals surface area contributed by atoms with Crippen molar-refractivity contribution in [1.82, 2.24) is 10.2 Å². The zero-order chi connectivity index (χ0) is 20.3. The normalized spacial score (nSPS) is 18.6. The minimum Gasteiger partial charge on any atom is -0.466 e. The Bertz CT molecular complexity index is 767. The van der Waals surface area contributed by atoms with Crippen LogP contribution < -0.4 is 5.32 Å². The van der Waals surface area contributed by atoms with Crippen molar-refractivity contribution in [2.75, 3.05) is 7.11 Å². The molecule has 0 spiro atoms. The van der Waals surface area contributed by atoms with Crippen LogP contribution in [0.15, 0.2) is 29.5 Å². The molecule has 27 heavy (non-hydrogen) atoms. The molecule has 1 N–H and O–H groups in total. The lowest BCUT2D eigenvalue weighted by Gasteiger charge is -2.40. The van der Waals surface area contributed by atoms with Gasteiger partial charge in [0.15, 0.2) is 11.6 Å². The van der Waals surface area contributed by atoms with Gasteiger partial charge in [0.25, 0.3) is 0 Å². The average molecular weight is 445 g/mol. The maximum Gasteiger partial charge on any atom is 0.337 e. The van der Waals surface area contributed by atoms with E-state index in [2.05, 4.69) is 35.1 Å². The van der Waals surface area contributed by atoms with Gasteiger partial charge in [-0.15, -0.1) is 0 Å². The van der Waals surface area contributed by atoms with Crippen LogP contribution in [0.1, 0.15) is 45.2 Å². The van der Waals surface area contributed by atoms with Gasteiger partial charge in [-0.3, -0.25) is 0 Å². The molecule has 1 aromatic rings. The van der Waals surface area contributed by atoms with E-state index in [0.717, 1.165) is 18.6 Å². The van der Waals surface area contributed by atoms with Crippen molar-refractivity contribution < 1.29 is 23.1 Å². The Morgan fingerprint density at radius 3 is 2.52 bits per heavy atom. The molecule has 1 aliphatic rings. The molecule has 0 fully saturated rings. The summed E-state index contributed by atoms with van der Waals surface area (Å²) in [7, 11) is 1.23. The van der Waals surface area contributed by atoms with Crippen molar-refractivity contribution in [2.24, 2.45) is 5.92 Å². The summed E-state index contributed by atoms with van der Waals surface area (Å²) in [6.45, 7) is 5.70. The van der Waals surface area contributed by atoms with Crippen molar-refractivity contribution in [3.05, 3.63) is 46.7 Å². The number of methoxy groups -OCH3 is 1. The smallest absolute Gasteiger partial charge is 0.337 e. The first kappa shape index (κ1) is 21.3. The summed E-state index contributed by atoms with van der Waals surface area (Å²) in [4.78, 5) is 26.1. The van der Waals surface area contributed by atoms with E-state index in [4.69, 9.17) is 4.74 Å². The van der Waals surface area contributed by atoms with E-state index in [1.807, 2.05) is 0 Å². The third kappa shape index (κ3) is 4.66. The van der Waals surface area contributed by atoms with Gasteiger partial charge in [-0.1, -0.05) is 35.8 Å². The lowest BCUT2D eigenvalue weighted by Crippen LogP contribution is -2.51. The zero-order valence-corrected chi connectivity index (χ0v) is 17.3. The molecular weight excluding hydrogens is 422 g/mol. The maximum absolute atomic E-state index is 13.9. The molecule has 148 valence electrons. The minimum absolute atomic E-state index is 0.178. The number of rotatable bonds is 6. The summed E-state index contributed by atoms with van der Waals surface area (Å²) in [5.41, 5.74) is 0.788. The van der Waals surface area contributed by atoms with E-state index in [1.54, 1.807) is 6.92 Å². The molecule has 1 aromatic carbocycles. The molecule has 2 atom stereocenters. The number of nitrogens with zero attached hydrogens (tertiary/aromatic N) is 1. The van der Waals surface area contributed by atoms with Crippen LogP contribution in [0.3, 0.4) is 0 Å². The van der Waals surface area contributed by atoms with E-state index < -0.39 is 34.6 Å². The number of nitrogens with one attached hydrogen (secondary N) is 1. The largest absolute Gasteiger partial charge is 0.466 e. The predicted molar refractivity (Wildman–Crippen MR) is 101 cm³/mol. The Morgan fingerprint density at radius 1 is 1.30 bits per heavy atom. The molecule has 0 saturated carbocycles. The molecule has 1 heterocycles. The van der Waals surface area contributed by atoms with Crippen LogP contribution in [-0.4, -0.2) is 29.0 Å². The third-order valence-electron chi connectivity index (χ3n) is 4.43. The minimum atomic E-state index is -1.05. The van der Waals surface area contributed by atoms with Crippen LogP contribution in [0.25, 0.3) is 0 Å². The maximum atomic E-state index is 13.9. The van der Waals surface area contributed by atoms with Crippen molar-refractivity contribution in [3.8, 4) is 0 Å². The summed E-state index contributed by atoms with van der Waals surface area (Å²) < 4.78 is 32.2. The second-order valence-electron chi connectivity index (χ2n) is 6.85. The standard InChI is InChI=1S/C19H23BrF2N2O3/c1-10(2)5-8-15(20)24-17(12-6-7-13(21)14(22)9-12)16(18(25)27-4)11(3)23-19(24)26/h6-7,9-10,15,17H,5,8H2,1-4H3,(H,23,26)/t15-,17?/m1/s1. The predicted octanol–water partition coefficient (Wildman–Crippen LogP) is 4.64. The molecule has 0 radical (unpaired) electrons. The van der Waals surface area contributed by atoms with Gasteiger partial charge < -0.3 is 15.0 Å². The molecular formula is C19H23BrF2N2O3. The highest BCUT2D eigenvalue weighted by atomic mass is 79.9. The number of hydrogen-bond acceptors (Lipinski definition) is 3. The molecule has 0 aliphatic carbocycles. The number of urea groups is 1. The molecule has 0 bridgehead atoms. The fourth-order valence-electron chi connectivity index (χ4n) is 3.04. The number of carbonyl (C=O) groups excluding carboxylic acids is 2. The Labute approximate surface area is 165 Å². The topological polar surface area (TPSA) is 58.6 Å². The highest BCUT2D eigenvalue weighted by Gasteiger charge is 2.41. The van der Waals surface area contributed by atoms with Crippen LogP contribution in [0, 0.1) is 17.6 Å². The third-order valence-corrected chi connectivity index (χ3v) is 5.33. The van der Waals surface area contributed by atoms with Gasteiger partial charge in [0, 0.05) is 5.70 Å². The second kappa shape index (κ2) is 8.82. The molecule has 2 amide bonds. The molecule has 2 rings (SSSR count). The van der Waals surface area contributed by atoms with Crippen LogP contribution in [0.4, 0.5) is 13.6 Å². The van der Waals surface area contributed by atoms with Gasteiger partial charge in [0.2, 0.25) is 0 Å². The van der Waals surface area contributed by atoms with Crippen molar-refractivity contribution in [3.63, 3.8) is 0 Å². The summed E-state index contributed by atoms with van der Waals surface area (Å²) in [6.07, 6.45) is 1.46. The highest BCUT2D eigenvalue weighted by molar-refractivity contribution is 9.09. The molecule has 0 saturated heterocycles. The number of benzene rings is 1. The Kier molecular flexibility index (Phi) is 6.97. The van der Waals surface area contributed by atoms with Crippen LogP contribution in [0.5, 0.6) is 0 Å². The molecule has 0 aromatic heterocycles. The van der Waals surface area contributed by atoms with E-state index in [-0.39, 0.29) is 11.1 Å². The number of alkyl halides is 1. The lowest BCUT2D eigenvalue weighted by molar-refractivity contribution is -0.137. The molecule has 1 aliphatic heterocycles. The van der Waals surface area contributed by atoms with Gasteiger partial charge in [-0.05, 0) is 43.4 Å². The number of hydrogen-bond donors (Lipinski definition) is 1. The van der Waals surface area contributed by atoms with Gasteiger partial charge >= 0.3 is 12.0 Å². The molecule has 1 unspecified atom stereocenters. The van der Waals surface area contributed by atoms with E-state index in [1.165, 1.54) is 18.1 Å². The van der Waals surface area contributed by atoms with Crippen LogP contribution in [0.2, 0.25) is 0 Å². The first-order chi connectivity index (χ1) is 12.7. The SMILES string of the molecule is COC(=O)C1=C(C)NC(=O)N([C@@H](Br)CCC(C)C)C1c1ccc(F)c(F)c1. The van der Waals surface area contributed by atoms with Crippen LogP contribution in [-0.2, 0) is 9.53 Å². The number of carbonyl (C=O) groups is 2. The molecule has 8 heteroatoms. The fraction of sp³-hybridized carbons (Fsp3) is 0.474. The van der Waals surface area contributed by atoms with Crippen molar-refractivity contribution >= 4 is 27.9 Å². The second-order valence-corrected chi connectivity index (χ2v) is 7.91. The number of esters is 1. The van der Waals surface area contributed by atoms with Gasteiger partial charge in [0.05, 0.1) is 23.7 Å². The lowest BCUT2D eigenvalue weighted by atomic mass is 9.93. The Balaban J connectivity index is 2.56. The Morgan fingerprint density at radius 2 is 1.96 bits per heavy atom. The summed E-state index contributed by atoms with van der Waals surface area (Å²) in [6, 6.07) is 2.02. The zero-order valence-electron chi connectivity index (χ0n) is 15.7. The van der Waals surface area contributed by atoms with Gasteiger partial charge in [-0.25, -0.2) is 18.4 Å². The highest BCUT2D eigenvalue weighted by Crippen LogP contribution is 2.38. The first-order valence-corrected chi connectivity index (χ1v) is 9.56. The summed E-state index contributed by atoms with van der Waals surface area (Å²) >= 11 is 3.52. The number of allylic oxidation sites excluding steroid dienone is 1. The Hall–Kier alpha value is -1.96. The van der Waals surface area contributed by atoms with Gasteiger partial charge in [-0.2, -0.15) is 0 Å². The monoisotopic (exact) mass is 444 g/mol.